The van der Waals surface area contributed by atoms with Gasteiger partial charge >= 0.3 is 0 Å². The summed E-state index contributed by atoms with van der Waals surface area (Å²) in [6, 6.07) is 0. The summed E-state index contributed by atoms with van der Waals surface area (Å²) in [5, 5.41) is 39.2. The Morgan fingerprint density at radius 1 is 0.511 bits per heavy atom. The molecule has 16 heteroatoms. The van der Waals surface area contributed by atoms with Crippen molar-refractivity contribution in [2.75, 3.05) is 44.6 Å². The summed E-state index contributed by atoms with van der Waals surface area (Å²) < 4.78 is 0. The topological polar surface area (TPSA) is 209 Å². The van der Waals surface area contributed by atoms with E-state index in [1.54, 1.807) is 0 Å². The molecule has 0 rings (SSSR count). The van der Waals surface area contributed by atoms with E-state index in [1.165, 1.54) is 6.92 Å². The molecule has 262 valence electrons. The number of rotatable bonds is 25. The fourth-order valence-corrected chi connectivity index (χ4v) is 3.90. The molecule has 0 saturated carbocycles. The SMILES string of the molecule is CC.CC(=O)N(O)CCCCCNC(=O)CCC(=O)N(O)CCCCCNC(=O)CCC(=O)N(O)CCCCCNC(=O)CBr. The lowest BCUT2D eigenvalue weighted by atomic mass is 10.2. The van der Waals surface area contributed by atoms with Crippen molar-refractivity contribution in [2.45, 2.75) is 104 Å². The van der Waals surface area contributed by atoms with Gasteiger partial charge in [0.1, 0.15) is 0 Å². The Kier molecular flexibility index (Phi) is 29.4. The van der Waals surface area contributed by atoms with Crippen molar-refractivity contribution in [1.82, 2.24) is 31.1 Å². The molecule has 0 fully saturated rings. The van der Waals surface area contributed by atoms with Crippen molar-refractivity contribution in [3.05, 3.63) is 0 Å². The first-order valence-corrected chi connectivity index (χ1v) is 16.9. The number of hydrogen-bond acceptors (Lipinski definition) is 9. The lowest BCUT2D eigenvalue weighted by Gasteiger charge is -2.15. The summed E-state index contributed by atoms with van der Waals surface area (Å²) in [6.45, 7) is 7.07. The van der Waals surface area contributed by atoms with E-state index in [-0.39, 0.29) is 68.4 Å². The van der Waals surface area contributed by atoms with Crippen LogP contribution < -0.4 is 16.0 Å². The summed E-state index contributed by atoms with van der Waals surface area (Å²) in [7, 11) is 0. The molecular weight excluding hydrogens is 656 g/mol. The van der Waals surface area contributed by atoms with Crippen LogP contribution in [0.1, 0.15) is 104 Å². The van der Waals surface area contributed by atoms with Gasteiger partial charge in [-0.3, -0.25) is 44.4 Å². The molecule has 0 aliphatic heterocycles. The molecule has 0 unspecified atom stereocenters. The predicted molar refractivity (Wildman–Crippen MR) is 170 cm³/mol. The molecule has 0 heterocycles. The van der Waals surface area contributed by atoms with Crippen LogP contribution in [0.15, 0.2) is 0 Å². The highest BCUT2D eigenvalue weighted by Crippen LogP contribution is 2.03. The number of unbranched alkanes of at least 4 members (excludes halogenated alkanes) is 6. The van der Waals surface area contributed by atoms with Crippen molar-refractivity contribution in [1.29, 1.82) is 0 Å². The van der Waals surface area contributed by atoms with Crippen molar-refractivity contribution in [2.24, 2.45) is 0 Å². The Bertz CT molecular complexity index is 866. The molecule has 0 aromatic rings. The lowest BCUT2D eigenvalue weighted by Crippen LogP contribution is -2.31. The molecule has 0 bridgehead atoms. The minimum Gasteiger partial charge on any atom is -0.356 e. The second kappa shape index (κ2) is 29.9. The van der Waals surface area contributed by atoms with Gasteiger partial charge in [0.05, 0.1) is 5.33 Å². The third-order valence-corrected chi connectivity index (χ3v) is 6.81. The highest BCUT2D eigenvalue weighted by atomic mass is 79.9. The predicted octanol–water partition coefficient (Wildman–Crippen LogP) is 2.50. The van der Waals surface area contributed by atoms with E-state index in [0.29, 0.717) is 79.8 Å². The van der Waals surface area contributed by atoms with Crippen LogP contribution in [0.2, 0.25) is 0 Å². The molecule has 0 spiro atoms. The van der Waals surface area contributed by atoms with Gasteiger partial charge in [0.2, 0.25) is 35.4 Å². The average Bonchev–Trinajstić information content (AvgIpc) is 3.03. The van der Waals surface area contributed by atoms with Gasteiger partial charge in [0, 0.05) is 71.9 Å². The number of amides is 6. The minimum absolute atomic E-state index is 0.0497. The van der Waals surface area contributed by atoms with E-state index in [2.05, 4.69) is 31.9 Å². The Morgan fingerprint density at radius 2 is 0.844 bits per heavy atom. The summed E-state index contributed by atoms with van der Waals surface area (Å²) in [4.78, 5) is 69.8. The van der Waals surface area contributed by atoms with E-state index >= 15 is 0 Å². The third kappa shape index (κ3) is 27.2. The van der Waals surface area contributed by atoms with Crippen molar-refractivity contribution in [3.63, 3.8) is 0 Å². The van der Waals surface area contributed by atoms with Gasteiger partial charge in [-0.2, -0.15) is 0 Å². The molecule has 0 aliphatic carbocycles. The Labute approximate surface area is 275 Å². The van der Waals surface area contributed by atoms with Crippen LogP contribution in [0.25, 0.3) is 0 Å². The van der Waals surface area contributed by atoms with E-state index in [4.69, 9.17) is 0 Å². The minimum atomic E-state index is -0.558. The van der Waals surface area contributed by atoms with Crippen LogP contribution in [0, 0.1) is 0 Å². The Balaban J connectivity index is 0. The largest absolute Gasteiger partial charge is 0.356 e. The first kappa shape index (κ1) is 44.3. The van der Waals surface area contributed by atoms with Crippen molar-refractivity contribution < 1.29 is 44.4 Å². The molecule has 0 saturated heterocycles. The number of hydroxylamine groups is 6. The van der Waals surface area contributed by atoms with Gasteiger partial charge in [0.15, 0.2) is 0 Å². The normalized spacial score (nSPS) is 10.2. The zero-order valence-electron chi connectivity index (χ0n) is 27.2. The zero-order valence-corrected chi connectivity index (χ0v) is 28.7. The van der Waals surface area contributed by atoms with Gasteiger partial charge < -0.3 is 16.0 Å². The molecule has 0 radical (unpaired) electrons. The number of alkyl halides is 1. The third-order valence-electron chi connectivity index (χ3n) is 6.30. The number of hydrogen-bond donors (Lipinski definition) is 6. The average molecular weight is 712 g/mol. The van der Waals surface area contributed by atoms with Crippen molar-refractivity contribution >= 4 is 51.4 Å². The second-order valence-corrected chi connectivity index (χ2v) is 10.6. The van der Waals surface area contributed by atoms with E-state index in [9.17, 15) is 44.4 Å². The van der Waals surface area contributed by atoms with Crippen LogP contribution in [-0.4, -0.2) is 111 Å². The van der Waals surface area contributed by atoms with Crippen molar-refractivity contribution in [3.8, 4) is 0 Å². The zero-order chi connectivity index (χ0) is 34.5. The Hall–Kier alpha value is -2.82. The molecule has 6 N–H and O–H groups in total. The smallest absolute Gasteiger partial charge is 0.246 e. The van der Waals surface area contributed by atoms with Gasteiger partial charge in [-0.05, 0) is 57.8 Å². The first-order chi connectivity index (χ1) is 21.5. The molecule has 6 amide bonds. The molecule has 0 aromatic carbocycles. The van der Waals surface area contributed by atoms with E-state index < -0.39 is 17.7 Å². The standard InChI is InChI=1S/C27H49BrN6O9.C2H6/c1-22(35)32(41)18-8-2-5-15-29-23(36)11-13-26(39)33(42)19-9-3-6-16-30-24(37)12-14-27(40)34(43)20-10-4-7-17-31-25(38)21-28;1-2/h41-43H,2-21H2,1H3,(H,29,36)(H,30,37)(H,31,38);1-2H3. The number of carbonyl (C=O) groups is 6. The maximum absolute atomic E-state index is 12.0. The highest BCUT2D eigenvalue weighted by Gasteiger charge is 2.14. The molecule has 0 aliphatic rings. The molecule has 15 nitrogen and oxygen atoms in total. The second-order valence-electron chi connectivity index (χ2n) is 10.0. The molecule has 45 heavy (non-hydrogen) atoms. The van der Waals surface area contributed by atoms with Crippen LogP contribution >= 0.6 is 15.9 Å². The summed E-state index contributed by atoms with van der Waals surface area (Å²) in [5.41, 5.74) is 0. The Morgan fingerprint density at radius 3 is 1.18 bits per heavy atom. The summed E-state index contributed by atoms with van der Waals surface area (Å²) in [6.07, 6.45) is 5.41. The lowest BCUT2D eigenvalue weighted by molar-refractivity contribution is -0.166. The molecular formula is C29H55BrN6O9. The molecule has 0 aromatic heterocycles. The van der Waals surface area contributed by atoms with Gasteiger partial charge in [-0.25, -0.2) is 15.2 Å². The van der Waals surface area contributed by atoms with Gasteiger partial charge in [-0.1, -0.05) is 29.8 Å². The van der Waals surface area contributed by atoms with Crippen LogP contribution in [-0.2, 0) is 28.8 Å². The van der Waals surface area contributed by atoms with E-state index in [0.717, 1.165) is 12.8 Å². The maximum Gasteiger partial charge on any atom is 0.246 e. The number of nitrogens with one attached hydrogen (secondary N) is 3. The molecule has 0 atom stereocenters. The van der Waals surface area contributed by atoms with Crippen LogP contribution in [0.3, 0.4) is 0 Å². The fourth-order valence-electron chi connectivity index (χ4n) is 3.70. The number of carbonyl (C=O) groups excluding carboxylic acids is 6. The monoisotopic (exact) mass is 710 g/mol. The summed E-state index contributed by atoms with van der Waals surface area (Å²) in [5.74, 6) is -2.23. The number of halogens is 1. The maximum atomic E-state index is 12.0. The number of nitrogens with zero attached hydrogens (tertiary/aromatic N) is 3. The first-order valence-electron chi connectivity index (χ1n) is 15.8. The van der Waals surface area contributed by atoms with Gasteiger partial charge in [-0.15, -0.1) is 0 Å². The highest BCUT2D eigenvalue weighted by molar-refractivity contribution is 9.09. The van der Waals surface area contributed by atoms with Crippen LogP contribution in [0.4, 0.5) is 0 Å². The summed E-state index contributed by atoms with van der Waals surface area (Å²) >= 11 is 3.05. The fraction of sp³-hybridized carbons (Fsp3) is 0.793. The quantitative estimate of drug-likeness (QED) is 0.0355. The van der Waals surface area contributed by atoms with E-state index in [1.807, 2.05) is 13.8 Å². The van der Waals surface area contributed by atoms with Crippen LogP contribution in [0.5, 0.6) is 0 Å². The van der Waals surface area contributed by atoms with Gasteiger partial charge in [0.25, 0.3) is 0 Å².